The monoisotopic (exact) mass is 314 g/mol. The largest absolute Gasteiger partial charge is 0.459 e. The summed E-state index contributed by atoms with van der Waals surface area (Å²) in [5.41, 5.74) is -1.38. The van der Waals surface area contributed by atoms with E-state index in [4.69, 9.17) is 4.74 Å². The average molecular weight is 314 g/mol. The Bertz CT molecular complexity index is 652. The number of carbonyl (C=O) groups excluding carboxylic acids is 3. The zero-order chi connectivity index (χ0) is 17.3. The van der Waals surface area contributed by atoms with Crippen molar-refractivity contribution < 1.29 is 19.1 Å². The van der Waals surface area contributed by atoms with Gasteiger partial charge in [-0.2, -0.15) is 0 Å². The molecule has 0 N–H and O–H groups in total. The standard InChI is InChI=1S/C19H22O4/c1-13(20)19(17(22)23-18(2,3)4)11-10-15(21)12-16(19)14-8-6-5-7-9-14/h5-11,16H,12H2,1-4H3. The van der Waals surface area contributed by atoms with Crippen molar-refractivity contribution >= 4 is 17.5 Å². The maximum atomic E-state index is 12.9. The summed E-state index contributed by atoms with van der Waals surface area (Å²) >= 11 is 0. The van der Waals surface area contributed by atoms with Crippen molar-refractivity contribution in [2.75, 3.05) is 0 Å². The van der Waals surface area contributed by atoms with E-state index in [9.17, 15) is 14.4 Å². The number of rotatable bonds is 3. The van der Waals surface area contributed by atoms with Gasteiger partial charge in [0.05, 0.1) is 0 Å². The fourth-order valence-electron chi connectivity index (χ4n) is 2.92. The third kappa shape index (κ3) is 3.41. The Morgan fingerprint density at radius 1 is 1.17 bits per heavy atom. The van der Waals surface area contributed by atoms with Crippen LogP contribution in [0.4, 0.5) is 0 Å². The van der Waals surface area contributed by atoms with E-state index >= 15 is 0 Å². The maximum Gasteiger partial charge on any atom is 0.324 e. The van der Waals surface area contributed by atoms with Crippen molar-refractivity contribution in [2.24, 2.45) is 5.41 Å². The van der Waals surface area contributed by atoms with Crippen LogP contribution in [0.1, 0.15) is 45.6 Å². The normalized spacial score (nSPS) is 24.3. The molecule has 0 aromatic heterocycles. The molecule has 0 amide bonds. The Hall–Kier alpha value is -2.23. The summed E-state index contributed by atoms with van der Waals surface area (Å²) in [6.45, 7) is 6.65. The number of ketones is 2. The highest BCUT2D eigenvalue weighted by molar-refractivity contribution is 6.09. The molecule has 0 spiro atoms. The summed E-state index contributed by atoms with van der Waals surface area (Å²) in [5.74, 6) is -1.56. The molecule has 1 aromatic rings. The van der Waals surface area contributed by atoms with Gasteiger partial charge in [0.2, 0.25) is 0 Å². The third-order valence-corrected chi connectivity index (χ3v) is 4.01. The van der Waals surface area contributed by atoms with Gasteiger partial charge in [0, 0.05) is 12.3 Å². The fraction of sp³-hybridized carbons (Fsp3) is 0.421. The van der Waals surface area contributed by atoms with E-state index in [1.165, 1.54) is 19.1 Å². The van der Waals surface area contributed by atoms with Crippen LogP contribution in [0, 0.1) is 5.41 Å². The summed E-state index contributed by atoms with van der Waals surface area (Å²) in [4.78, 5) is 37.3. The maximum absolute atomic E-state index is 12.9. The van der Waals surface area contributed by atoms with Gasteiger partial charge in [0.1, 0.15) is 5.60 Å². The van der Waals surface area contributed by atoms with Crippen LogP contribution < -0.4 is 0 Å². The van der Waals surface area contributed by atoms with Gasteiger partial charge in [-0.25, -0.2) is 0 Å². The number of hydrogen-bond acceptors (Lipinski definition) is 4. The summed E-state index contributed by atoms with van der Waals surface area (Å²) in [6, 6.07) is 9.18. The number of ether oxygens (including phenoxy) is 1. The first-order chi connectivity index (χ1) is 10.7. The molecule has 2 rings (SSSR count). The zero-order valence-corrected chi connectivity index (χ0v) is 14.0. The predicted octanol–water partition coefficient (Wildman–Crippen LogP) is 3.22. The lowest BCUT2D eigenvalue weighted by molar-refractivity contribution is -0.168. The lowest BCUT2D eigenvalue weighted by Gasteiger charge is -2.38. The van der Waals surface area contributed by atoms with E-state index in [-0.39, 0.29) is 18.0 Å². The molecule has 1 aliphatic rings. The van der Waals surface area contributed by atoms with Crippen molar-refractivity contribution in [3.63, 3.8) is 0 Å². The van der Waals surface area contributed by atoms with Crippen molar-refractivity contribution in [1.29, 1.82) is 0 Å². The molecule has 2 unspecified atom stereocenters. The minimum absolute atomic E-state index is 0.0979. The summed E-state index contributed by atoms with van der Waals surface area (Å²) in [7, 11) is 0. The molecule has 0 bridgehead atoms. The summed E-state index contributed by atoms with van der Waals surface area (Å²) < 4.78 is 5.51. The first-order valence-electron chi connectivity index (χ1n) is 7.68. The van der Waals surface area contributed by atoms with E-state index in [2.05, 4.69) is 0 Å². The molecule has 1 aliphatic carbocycles. The number of carbonyl (C=O) groups is 3. The van der Waals surface area contributed by atoms with Crippen LogP contribution in [-0.4, -0.2) is 23.1 Å². The molecule has 0 fully saturated rings. The SMILES string of the molecule is CC(=O)C1(C(=O)OC(C)(C)C)C=CC(=O)CC1c1ccccc1. The first-order valence-corrected chi connectivity index (χ1v) is 7.68. The van der Waals surface area contributed by atoms with E-state index in [1.54, 1.807) is 20.8 Å². The lowest BCUT2D eigenvalue weighted by atomic mass is 9.64. The minimum atomic E-state index is -1.46. The smallest absolute Gasteiger partial charge is 0.324 e. The van der Waals surface area contributed by atoms with Crippen LogP contribution in [-0.2, 0) is 19.1 Å². The van der Waals surface area contributed by atoms with Crippen LogP contribution in [0.25, 0.3) is 0 Å². The summed E-state index contributed by atoms with van der Waals surface area (Å²) in [6.07, 6.45) is 2.86. The number of Topliss-reactive ketones (excluding diaryl/α,β-unsaturated/α-hetero) is 1. The van der Waals surface area contributed by atoms with E-state index < -0.39 is 22.9 Å². The van der Waals surface area contributed by atoms with E-state index in [0.29, 0.717) is 0 Å². The molecule has 0 radical (unpaired) electrons. The molecule has 23 heavy (non-hydrogen) atoms. The Morgan fingerprint density at radius 2 is 1.78 bits per heavy atom. The molecule has 4 nitrogen and oxygen atoms in total. The van der Waals surface area contributed by atoms with Gasteiger partial charge in [0.25, 0.3) is 0 Å². The topological polar surface area (TPSA) is 60.4 Å². The second kappa shape index (κ2) is 6.11. The van der Waals surface area contributed by atoms with Crippen LogP contribution >= 0.6 is 0 Å². The van der Waals surface area contributed by atoms with Gasteiger partial charge < -0.3 is 4.74 Å². The molecule has 2 atom stereocenters. The van der Waals surface area contributed by atoms with Crippen LogP contribution in [0.5, 0.6) is 0 Å². The van der Waals surface area contributed by atoms with Crippen LogP contribution in [0.3, 0.4) is 0 Å². The second-order valence-electron chi connectivity index (χ2n) is 6.89. The van der Waals surface area contributed by atoms with E-state index in [0.717, 1.165) is 5.56 Å². The number of hydrogen-bond donors (Lipinski definition) is 0. The predicted molar refractivity (Wildman–Crippen MR) is 86.9 cm³/mol. The molecule has 122 valence electrons. The van der Waals surface area contributed by atoms with Gasteiger partial charge in [-0.3, -0.25) is 14.4 Å². The van der Waals surface area contributed by atoms with Crippen LogP contribution in [0.15, 0.2) is 42.5 Å². The Morgan fingerprint density at radius 3 is 2.30 bits per heavy atom. The molecule has 0 heterocycles. The van der Waals surface area contributed by atoms with E-state index in [1.807, 2.05) is 30.3 Å². The average Bonchev–Trinajstić information content (AvgIpc) is 2.46. The quantitative estimate of drug-likeness (QED) is 0.635. The second-order valence-corrected chi connectivity index (χ2v) is 6.89. The first kappa shape index (κ1) is 17.1. The van der Waals surface area contributed by atoms with Gasteiger partial charge in [-0.15, -0.1) is 0 Å². The van der Waals surface area contributed by atoms with Gasteiger partial charge in [0.15, 0.2) is 17.0 Å². The molecule has 0 aliphatic heterocycles. The van der Waals surface area contributed by atoms with Crippen molar-refractivity contribution in [1.82, 2.24) is 0 Å². The van der Waals surface area contributed by atoms with Gasteiger partial charge in [-0.05, 0) is 39.3 Å². The molecule has 0 saturated heterocycles. The highest BCUT2D eigenvalue weighted by atomic mass is 16.6. The molecular formula is C19H22O4. The van der Waals surface area contributed by atoms with Crippen LogP contribution in [0.2, 0.25) is 0 Å². The third-order valence-electron chi connectivity index (χ3n) is 4.01. The number of esters is 1. The highest BCUT2D eigenvalue weighted by Gasteiger charge is 2.53. The summed E-state index contributed by atoms with van der Waals surface area (Å²) in [5, 5.41) is 0. The molecule has 0 saturated carbocycles. The Balaban J connectivity index is 2.57. The van der Waals surface area contributed by atoms with Crippen molar-refractivity contribution in [3.8, 4) is 0 Å². The molecular weight excluding hydrogens is 292 g/mol. The molecule has 4 heteroatoms. The lowest BCUT2D eigenvalue weighted by Crippen LogP contribution is -2.47. The Labute approximate surface area is 136 Å². The van der Waals surface area contributed by atoms with Gasteiger partial charge in [-0.1, -0.05) is 36.4 Å². The van der Waals surface area contributed by atoms with Gasteiger partial charge >= 0.3 is 5.97 Å². The molecule has 1 aromatic carbocycles. The number of benzene rings is 1. The number of allylic oxidation sites excluding steroid dienone is 1. The zero-order valence-electron chi connectivity index (χ0n) is 14.0. The Kier molecular flexibility index (Phi) is 4.55. The van der Waals surface area contributed by atoms with Crippen molar-refractivity contribution in [2.45, 2.75) is 45.6 Å². The highest BCUT2D eigenvalue weighted by Crippen LogP contribution is 2.45. The fourth-order valence-corrected chi connectivity index (χ4v) is 2.92. The van der Waals surface area contributed by atoms with Crippen molar-refractivity contribution in [3.05, 3.63) is 48.0 Å². The minimum Gasteiger partial charge on any atom is -0.459 e.